The van der Waals surface area contributed by atoms with Crippen molar-refractivity contribution in [3.8, 4) is 0 Å². The van der Waals surface area contributed by atoms with Crippen molar-refractivity contribution in [1.82, 2.24) is 0 Å². The fourth-order valence-corrected chi connectivity index (χ4v) is 6.62. The number of hydrogen-bond acceptors (Lipinski definition) is 3. The first-order valence-electron chi connectivity index (χ1n) is 9.17. The molecule has 2 N–H and O–H groups in total. The van der Waals surface area contributed by atoms with Crippen molar-refractivity contribution >= 4 is 5.78 Å². The second-order valence-electron chi connectivity index (χ2n) is 8.84. The number of rotatable bonds is 0. The number of carbonyl (C=O) groups excluding carboxylic acids is 1. The Bertz CT molecular complexity index is 604. The Balaban J connectivity index is 1.71. The van der Waals surface area contributed by atoms with Gasteiger partial charge in [-0.15, -0.1) is 0 Å². The van der Waals surface area contributed by atoms with Crippen molar-refractivity contribution < 1.29 is 15.0 Å². The minimum Gasteiger partial charge on any atom is -0.515 e. The molecular formula is C20H28O3. The summed E-state index contributed by atoms with van der Waals surface area (Å²) in [5.41, 5.74) is 1.98. The molecule has 0 amide bonds. The Labute approximate surface area is 138 Å². The van der Waals surface area contributed by atoms with Gasteiger partial charge in [-0.1, -0.05) is 19.4 Å². The number of allylic oxidation sites excluding steroid dienone is 2. The summed E-state index contributed by atoms with van der Waals surface area (Å²) in [6, 6.07) is 0. The van der Waals surface area contributed by atoms with E-state index in [2.05, 4.69) is 13.8 Å². The third-order valence-electron chi connectivity index (χ3n) is 8.02. The lowest BCUT2D eigenvalue weighted by Crippen LogP contribution is -2.51. The Morgan fingerprint density at radius 2 is 1.96 bits per heavy atom. The molecular weight excluding hydrogens is 288 g/mol. The smallest absolute Gasteiger partial charge is 0.184 e. The average molecular weight is 316 g/mol. The zero-order valence-corrected chi connectivity index (χ0v) is 14.2. The first-order chi connectivity index (χ1) is 10.9. The highest BCUT2D eigenvalue weighted by atomic mass is 16.3. The Morgan fingerprint density at radius 1 is 1.17 bits per heavy atom. The van der Waals surface area contributed by atoms with Crippen molar-refractivity contribution in [2.24, 2.45) is 28.6 Å². The standard InChI is InChI=1S/C20H28O3/c1-19-8-7-16-14(15(19)5-6-18(19)23)4-3-13-9-17(22)12(11-21)10-20(13,16)2/h9,11,14-16,18,21,23H,3-8,10H2,1-2H3/b12-11-/t14-,15-,16-,18-,19-,20-/m0/s1. The maximum atomic E-state index is 12.1. The van der Waals surface area contributed by atoms with Crippen LogP contribution in [0.4, 0.5) is 0 Å². The zero-order valence-electron chi connectivity index (χ0n) is 14.2. The molecule has 0 aromatic carbocycles. The van der Waals surface area contributed by atoms with E-state index in [-0.39, 0.29) is 22.7 Å². The molecule has 0 saturated heterocycles. The van der Waals surface area contributed by atoms with E-state index < -0.39 is 0 Å². The van der Waals surface area contributed by atoms with Crippen LogP contribution in [0.1, 0.15) is 58.8 Å². The zero-order chi connectivity index (χ0) is 16.4. The number of ketones is 1. The van der Waals surface area contributed by atoms with E-state index in [0.717, 1.165) is 44.8 Å². The summed E-state index contributed by atoms with van der Waals surface area (Å²) < 4.78 is 0. The number of hydrogen-bond donors (Lipinski definition) is 2. The van der Waals surface area contributed by atoms with Crippen molar-refractivity contribution in [2.75, 3.05) is 0 Å². The monoisotopic (exact) mass is 316 g/mol. The molecule has 3 fully saturated rings. The number of aliphatic hydroxyl groups is 2. The van der Waals surface area contributed by atoms with Crippen molar-refractivity contribution in [2.45, 2.75) is 64.9 Å². The largest absolute Gasteiger partial charge is 0.515 e. The van der Waals surface area contributed by atoms with Gasteiger partial charge in [0.25, 0.3) is 0 Å². The minimum absolute atomic E-state index is 0.00430. The molecule has 0 radical (unpaired) electrons. The Hall–Kier alpha value is -1.09. The molecule has 3 saturated carbocycles. The Morgan fingerprint density at radius 3 is 2.70 bits per heavy atom. The molecule has 3 nitrogen and oxygen atoms in total. The van der Waals surface area contributed by atoms with Gasteiger partial charge in [-0.05, 0) is 79.6 Å². The van der Waals surface area contributed by atoms with Crippen molar-refractivity contribution in [3.63, 3.8) is 0 Å². The molecule has 0 aromatic rings. The molecule has 3 heteroatoms. The molecule has 4 rings (SSSR count). The van der Waals surface area contributed by atoms with E-state index in [0.29, 0.717) is 29.7 Å². The van der Waals surface area contributed by atoms with Gasteiger partial charge in [0.05, 0.1) is 12.4 Å². The SMILES string of the molecule is C[C@]12CC[C@H]3[C@@H](CCC4=CC(=O)/C(=C\O)C[C@@]43C)[C@@H]1CC[C@@H]2O. The van der Waals surface area contributed by atoms with Crippen LogP contribution in [0.3, 0.4) is 0 Å². The molecule has 0 bridgehead atoms. The van der Waals surface area contributed by atoms with Crippen LogP contribution >= 0.6 is 0 Å². The second kappa shape index (κ2) is 4.95. The summed E-state index contributed by atoms with van der Waals surface area (Å²) in [6.45, 7) is 4.60. The van der Waals surface area contributed by atoms with Crippen LogP contribution in [-0.2, 0) is 4.79 Å². The summed E-state index contributed by atoms with van der Waals surface area (Å²) >= 11 is 0. The van der Waals surface area contributed by atoms with Gasteiger partial charge >= 0.3 is 0 Å². The highest BCUT2D eigenvalue weighted by Crippen LogP contribution is 2.65. The molecule has 23 heavy (non-hydrogen) atoms. The summed E-state index contributed by atoms with van der Waals surface area (Å²) in [7, 11) is 0. The molecule has 126 valence electrons. The summed E-state index contributed by atoms with van der Waals surface area (Å²) in [6.07, 6.45) is 9.86. The van der Waals surface area contributed by atoms with Gasteiger partial charge in [-0.2, -0.15) is 0 Å². The quantitative estimate of drug-likeness (QED) is 0.526. The normalized spacial score (nSPS) is 51.0. The second-order valence-corrected chi connectivity index (χ2v) is 8.84. The molecule has 0 aliphatic heterocycles. The fraction of sp³-hybridized carbons (Fsp3) is 0.750. The number of carbonyl (C=O) groups is 1. The summed E-state index contributed by atoms with van der Waals surface area (Å²) in [5, 5.41) is 19.9. The first-order valence-corrected chi connectivity index (χ1v) is 9.17. The highest BCUT2D eigenvalue weighted by Gasteiger charge is 2.59. The van der Waals surface area contributed by atoms with Crippen molar-refractivity contribution in [3.05, 3.63) is 23.5 Å². The lowest BCUT2D eigenvalue weighted by Gasteiger charge is -2.57. The molecule has 0 aromatic heterocycles. The van der Waals surface area contributed by atoms with Crippen LogP contribution in [0, 0.1) is 28.6 Å². The topological polar surface area (TPSA) is 57.5 Å². The molecule has 0 spiro atoms. The van der Waals surface area contributed by atoms with E-state index in [1.807, 2.05) is 0 Å². The lowest BCUT2D eigenvalue weighted by molar-refractivity contribution is -0.113. The molecule has 0 heterocycles. The van der Waals surface area contributed by atoms with E-state index in [9.17, 15) is 15.0 Å². The minimum atomic E-state index is -0.140. The van der Waals surface area contributed by atoms with E-state index >= 15 is 0 Å². The van der Waals surface area contributed by atoms with E-state index in [4.69, 9.17) is 0 Å². The van der Waals surface area contributed by atoms with Gasteiger partial charge in [0.2, 0.25) is 0 Å². The maximum absolute atomic E-state index is 12.1. The van der Waals surface area contributed by atoms with Crippen LogP contribution in [0.15, 0.2) is 23.5 Å². The third-order valence-corrected chi connectivity index (χ3v) is 8.02. The van der Waals surface area contributed by atoms with Crippen LogP contribution in [0.5, 0.6) is 0 Å². The van der Waals surface area contributed by atoms with Crippen LogP contribution in [0.2, 0.25) is 0 Å². The van der Waals surface area contributed by atoms with Crippen LogP contribution in [0.25, 0.3) is 0 Å². The van der Waals surface area contributed by atoms with E-state index in [1.165, 1.54) is 5.57 Å². The average Bonchev–Trinajstić information content (AvgIpc) is 2.83. The predicted octanol–water partition coefficient (Wildman–Crippen LogP) is 3.93. The van der Waals surface area contributed by atoms with Gasteiger partial charge in [0.15, 0.2) is 5.78 Å². The van der Waals surface area contributed by atoms with Gasteiger partial charge in [-0.3, -0.25) is 4.79 Å². The van der Waals surface area contributed by atoms with Gasteiger partial charge in [0, 0.05) is 5.57 Å². The molecule has 4 aliphatic rings. The third kappa shape index (κ3) is 1.95. The molecule has 6 atom stereocenters. The molecule has 0 unspecified atom stereocenters. The first kappa shape index (κ1) is 15.4. The van der Waals surface area contributed by atoms with Gasteiger partial charge < -0.3 is 10.2 Å². The van der Waals surface area contributed by atoms with Gasteiger partial charge in [0.1, 0.15) is 0 Å². The predicted molar refractivity (Wildman–Crippen MR) is 88.8 cm³/mol. The fourth-order valence-electron chi connectivity index (χ4n) is 6.62. The summed E-state index contributed by atoms with van der Waals surface area (Å²) in [4.78, 5) is 12.1. The van der Waals surface area contributed by atoms with Gasteiger partial charge in [-0.25, -0.2) is 0 Å². The number of aliphatic hydroxyl groups excluding tert-OH is 2. The lowest BCUT2D eigenvalue weighted by atomic mass is 9.47. The molecule has 4 aliphatic carbocycles. The highest BCUT2D eigenvalue weighted by molar-refractivity contribution is 6.05. The Kier molecular flexibility index (Phi) is 3.32. The van der Waals surface area contributed by atoms with E-state index in [1.54, 1.807) is 6.08 Å². The summed E-state index contributed by atoms with van der Waals surface area (Å²) in [5.74, 6) is 1.85. The van der Waals surface area contributed by atoms with Crippen molar-refractivity contribution in [1.29, 1.82) is 0 Å². The van der Waals surface area contributed by atoms with Crippen LogP contribution < -0.4 is 0 Å². The number of fused-ring (bicyclic) bond motifs is 5. The maximum Gasteiger partial charge on any atom is 0.184 e. The van der Waals surface area contributed by atoms with Crippen LogP contribution in [-0.4, -0.2) is 22.1 Å².